The van der Waals surface area contributed by atoms with Gasteiger partial charge in [0, 0.05) is 6.54 Å². The van der Waals surface area contributed by atoms with E-state index in [1.165, 1.54) is 37.9 Å². The van der Waals surface area contributed by atoms with Gasteiger partial charge in [-0.3, -0.25) is 14.5 Å². The SMILES string of the molecule is CC#CC(CC(=O)O)c1ccc(OCc2cccc(CN3CCCCC3)c2)cc1.O=CO. The zero-order chi connectivity index (χ0) is 23.2. The monoisotopic (exact) mass is 437 g/mol. The van der Waals surface area contributed by atoms with E-state index in [0.717, 1.165) is 23.4 Å². The number of hydrogen-bond donors (Lipinski definition) is 2. The highest BCUT2D eigenvalue weighted by atomic mass is 16.5. The molecule has 1 aliphatic rings. The molecule has 1 saturated heterocycles. The molecule has 2 N–H and O–H groups in total. The minimum atomic E-state index is -0.845. The predicted octanol–water partition coefficient (Wildman–Crippen LogP) is 4.53. The second kappa shape index (κ2) is 13.9. The van der Waals surface area contributed by atoms with Gasteiger partial charge >= 0.3 is 5.97 Å². The van der Waals surface area contributed by atoms with Gasteiger partial charge in [0.2, 0.25) is 0 Å². The molecule has 6 nitrogen and oxygen atoms in total. The zero-order valence-corrected chi connectivity index (χ0v) is 18.5. The van der Waals surface area contributed by atoms with Gasteiger partial charge in [0.1, 0.15) is 12.4 Å². The Bertz CT molecular complexity index is 908. The van der Waals surface area contributed by atoms with Crippen LogP contribution in [0.5, 0.6) is 5.75 Å². The van der Waals surface area contributed by atoms with Crippen molar-refractivity contribution in [2.45, 2.75) is 51.7 Å². The van der Waals surface area contributed by atoms with Crippen molar-refractivity contribution in [1.29, 1.82) is 0 Å². The topological polar surface area (TPSA) is 87.1 Å². The molecule has 1 aliphatic heterocycles. The molecule has 2 aromatic carbocycles. The molecule has 6 heteroatoms. The Morgan fingerprint density at radius 2 is 1.78 bits per heavy atom. The van der Waals surface area contributed by atoms with E-state index in [4.69, 9.17) is 19.7 Å². The van der Waals surface area contributed by atoms with Gasteiger partial charge in [-0.05, 0) is 61.7 Å². The fraction of sp³-hybridized carbons (Fsp3) is 0.385. The van der Waals surface area contributed by atoms with Gasteiger partial charge in [-0.2, -0.15) is 0 Å². The number of nitrogens with zero attached hydrogens (tertiary/aromatic N) is 1. The van der Waals surface area contributed by atoms with Crippen LogP contribution in [0.4, 0.5) is 0 Å². The molecule has 0 spiro atoms. The lowest BCUT2D eigenvalue weighted by Crippen LogP contribution is -2.29. The summed E-state index contributed by atoms with van der Waals surface area (Å²) in [5, 5.41) is 16.0. The molecule has 1 atom stereocenters. The first kappa shape index (κ1) is 25.0. The van der Waals surface area contributed by atoms with Crippen LogP contribution in [-0.2, 0) is 22.7 Å². The van der Waals surface area contributed by atoms with Crippen LogP contribution in [0, 0.1) is 11.8 Å². The second-order valence-electron chi connectivity index (χ2n) is 7.66. The highest BCUT2D eigenvalue weighted by Gasteiger charge is 2.13. The van der Waals surface area contributed by atoms with E-state index in [1.54, 1.807) is 6.92 Å². The smallest absolute Gasteiger partial charge is 0.304 e. The van der Waals surface area contributed by atoms with Gasteiger partial charge in [-0.15, -0.1) is 5.92 Å². The maximum Gasteiger partial charge on any atom is 0.304 e. The van der Waals surface area contributed by atoms with Crippen LogP contribution < -0.4 is 4.74 Å². The summed E-state index contributed by atoms with van der Waals surface area (Å²) in [7, 11) is 0. The van der Waals surface area contributed by atoms with E-state index < -0.39 is 5.97 Å². The van der Waals surface area contributed by atoms with Crippen LogP contribution >= 0.6 is 0 Å². The predicted molar refractivity (Wildman–Crippen MR) is 123 cm³/mol. The molecule has 0 amide bonds. The van der Waals surface area contributed by atoms with E-state index in [9.17, 15) is 4.79 Å². The molecule has 1 unspecified atom stereocenters. The van der Waals surface area contributed by atoms with Gasteiger partial charge in [-0.25, -0.2) is 0 Å². The van der Waals surface area contributed by atoms with Crippen molar-refractivity contribution >= 4 is 12.4 Å². The van der Waals surface area contributed by atoms with Gasteiger partial charge in [-0.1, -0.05) is 48.7 Å². The van der Waals surface area contributed by atoms with Crippen LogP contribution in [0.1, 0.15) is 55.2 Å². The van der Waals surface area contributed by atoms with Crippen LogP contribution in [-0.4, -0.2) is 40.6 Å². The molecular weight excluding hydrogens is 406 g/mol. The summed E-state index contributed by atoms with van der Waals surface area (Å²) in [4.78, 5) is 21.9. The number of carboxylic acid groups (broad SMARTS) is 2. The fourth-order valence-electron chi connectivity index (χ4n) is 3.76. The third-order valence-corrected chi connectivity index (χ3v) is 5.23. The van der Waals surface area contributed by atoms with E-state index in [1.807, 2.05) is 24.3 Å². The van der Waals surface area contributed by atoms with Crippen LogP contribution in [0.25, 0.3) is 0 Å². The van der Waals surface area contributed by atoms with Gasteiger partial charge in [0.05, 0.1) is 12.3 Å². The molecule has 32 heavy (non-hydrogen) atoms. The average Bonchev–Trinajstić information content (AvgIpc) is 2.79. The molecule has 0 saturated carbocycles. The third-order valence-electron chi connectivity index (χ3n) is 5.23. The third kappa shape index (κ3) is 8.83. The normalized spacial score (nSPS) is 14.2. The minimum absolute atomic E-state index is 0.00482. The Labute approximate surface area is 189 Å². The van der Waals surface area contributed by atoms with Crippen molar-refractivity contribution in [3.05, 3.63) is 65.2 Å². The summed E-state index contributed by atoms with van der Waals surface area (Å²) in [5.74, 6) is 5.42. The molecule has 3 rings (SSSR count). The van der Waals surface area contributed by atoms with Gasteiger partial charge in [0.15, 0.2) is 0 Å². The van der Waals surface area contributed by atoms with Crippen molar-refractivity contribution in [3.8, 4) is 17.6 Å². The lowest BCUT2D eigenvalue weighted by Gasteiger charge is -2.26. The Morgan fingerprint density at radius 3 is 2.41 bits per heavy atom. The largest absolute Gasteiger partial charge is 0.489 e. The van der Waals surface area contributed by atoms with Crippen LogP contribution in [0.2, 0.25) is 0 Å². The Kier molecular flexibility index (Phi) is 10.8. The Balaban J connectivity index is 0.00000114. The number of ether oxygens (including phenoxy) is 1. The van der Waals surface area contributed by atoms with E-state index >= 15 is 0 Å². The number of likely N-dealkylation sites (tertiary alicyclic amines) is 1. The number of piperidine rings is 1. The molecule has 1 fully saturated rings. The fourth-order valence-corrected chi connectivity index (χ4v) is 3.76. The molecule has 2 aromatic rings. The average molecular weight is 438 g/mol. The van der Waals surface area contributed by atoms with Crippen molar-refractivity contribution in [2.75, 3.05) is 13.1 Å². The summed E-state index contributed by atoms with van der Waals surface area (Å²) in [6.07, 6.45) is 3.96. The number of benzene rings is 2. The summed E-state index contributed by atoms with van der Waals surface area (Å²) in [6, 6.07) is 16.2. The van der Waals surface area contributed by atoms with E-state index in [2.05, 4.69) is 41.0 Å². The molecule has 0 radical (unpaired) electrons. The lowest BCUT2D eigenvalue weighted by molar-refractivity contribution is -0.137. The zero-order valence-electron chi connectivity index (χ0n) is 18.5. The number of rotatable bonds is 8. The minimum Gasteiger partial charge on any atom is -0.489 e. The number of aliphatic carboxylic acids is 1. The summed E-state index contributed by atoms with van der Waals surface area (Å²) < 4.78 is 5.95. The van der Waals surface area contributed by atoms with Crippen LogP contribution in [0.15, 0.2) is 48.5 Å². The highest BCUT2D eigenvalue weighted by molar-refractivity contribution is 5.69. The van der Waals surface area contributed by atoms with Gasteiger partial charge in [0.25, 0.3) is 6.47 Å². The van der Waals surface area contributed by atoms with Crippen molar-refractivity contribution < 1.29 is 24.5 Å². The molecular formula is C26H31NO5. The van der Waals surface area contributed by atoms with Crippen molar-refractivity contribution in [3.63, 3.8) is 0 Å². The second-order valence-corrected chi connectivity index (χ2v) is 7.66. The van der Waals surface area contributed by atoms with Crippen LogP contribution in [0.3, 0.4) is 0 Å². The first-order valence-corrected chi connectivity index (χ1v) is 10.8. The van der Waals surface area contributed by atoms with Gasteiger partial charge < -0.3 is 14.9 Å². The standard InChI is InChI=1S/C25H29NO3.CH2O2/c1-2-7-23(17-25(27)28)22-10-12-24(13-11-22)29-19-21-9-6-8-20(16-21)18-26-14-4-3-5-15-26;2-1-3/h6,8-13,16,23H,3-5,14-15,17-19H2,1H3,(H,27,28);1H,(H,2,3). The Hall–Kier alpha value is -3.30. The summed E-state index contributed by atoms with van der Waals surface area (Å²) >= 11 is 0. The Morgan fingerprint density at radius 1 is 1.12 bits per heavy atom. The first-order valence-electron chi connectivity index (χ1n) is 10.8. The first-order chi connectivity index (χ1) is 15.5. The maximum atomic E-state index is 11.0. The molecule has 0 bridgehead atoms. The summed E-state index contributed by atoms with van der Waals surface area (Å²) in [6.45, 7) is 5.38. The quantitative estimate of drug-likeness (QED) is 0.466. The van der Waals surface area contributed by atoms with Crippen molar-refractivity contribution in [1.82, 2.24) is 4.90 Å². The number of hydrogen-bond acceptors (Lipinski definition) is 4. The molecule has 170 valence electrons. The lowest BCUT2D eigenvalue weighted by atomic mass is 9.96. The molecule has 0 aromatic heterocycles. The maximum absolute atomic E-state index is 11.0. The van der Waals surface area contributed by atoms with Crippen molar-refractivity contribution in [2.24, 2.45) is 0 Å². The highest BCUT2D eigenvalue weighted by Crippen LogP contribution is 2.23. The molecule has 1 heterocycles. The summed E-state index contributed by atoms with van der Waals surface area (Å²) in [5.41, 5.74) is 3.39. The number of carboxylic acids is 1. The van der Waals surface area contributed by atoms with E-state index in [0.29, 0.717) is 6.61 Å². The van der Waals surface area contributed by atoms with E-state index in [-0.39, 0.29) is 18.8 Å². The molecule has 0 aliphatic carbocycles. The number of carbonyl (C=O) groups is 2.